The zero-order valence-corrected chi connectivity index (χ0v) is 10.0. The largest absolute Gasteiger partial charge is 0.432 e. The molecule has 0 amide bonds. The van der Waals surface area contributed by atoms with Crippen molar-refractivity contribution in [1.29, 1.82) is 0 Å². The molecule has 2 rings (SSSR count). The van der Waals surface area contributed by atoms with Crippen molar-refractivity contribution in [1.82, 2.24) is 4.57 Å². The van der Waals surface area contributed by atoms with Gasteiger partial charge in [-0.25, -0.2) is 4.79 Å². The van der Waals surface area contributed by atoms with Crippen LogP contribution in [0.4, 0.5) is 0 Å². The third-order valence-electron chi connectivity index (χ3n) is 2.62. The summed E-state index contributed by atoms with van der Waals surface area (Å²) < 4.78 is 6.01. The molecule has 0 N–H and O–H groups in total. The Morgan fingerprint density at radius 1 is 1.26 bits per heavy atom. The molecule has 19 heavy (non-hydrogen) atoms. The van der Waals surface area contributed by atoms with Gasteiger partial charge in [-0.05, 0) is 17.5 Å². The number of esters is 1. The van der Waals surface area contributed by atoms with Gasteiger partial charge in [-0.3, -0.25) is 9.36 Å². The first-order chi connectivity index (χ1) is 9.15. The molecule has 1 aromatic carbocycles. The average Bonchev–Trinajstić information content (AvgIpc) is 2.82. The van der Waals surface area contributed by atoms with E-state index in [9.17, 15) is 14.4 Å². The van der Waals surface area contributed by atoms with Crippen molar-refractivity contribution in [3.63, 3.8) is 0 Å². The maximum absolute atomic E-state index is 11.6. The highest BCUT2D eigenvalue weighted by molar-refractivity contribution is 5.98. The molecule has 0 aliphatic heterocycles. The molecular formula is C14H11NO4. The van der Waals surface area contributed by atoms with Crippen LogP contribution in [0.3, 0.4) is 0 Å². The van der Waals surface area contributed by atoms with Crippen LogP contribution < -0.4 is 0 Å². The summed E-state index contributed by atoms with van der Waals surface area (Å²) in [6.07, 6.45) is 4.63. The van der Waals surface area contributed by atoms with E-state index in [4.69, 9.17) is 0 Å². The van der Waals surface area contributed by atoms with Gasteiger partial charge in [0.1, 0.15) is 6.29 Å². The number of nitrogens with zero attached hydrogens (tertiary/aromatic N) is 1. The van der Waals surface area contributed by atoms with Crippen molar-refractivity contribution < 1.29 is 19.1 Å². The quantitative estimate of drug-likeness (QED) is 0.364. The fourth-order valence-corrected chi connectivity index (χ4v) is 1.73. The summed E-state index contributed by atoms with van der Waals surface area (Å²) in [5.41, 5.74) is 0.369. The van der Waals surface area contributed by atoms with E-state index < -0.39 is 5.97 Å². The summed E-state index contributed by atoms with van der Waals surface area (Å²) in [6.45, 7) is 3.31. The number of rotatable bonds is 4. The van der Waals surface area contributed by atoms with Crippen molar-refractivity contribution >= 4 is 28.9 Å². The maximum atomic E-state index is 11.6. The lowest BCUT2D eigenvalue weighted by atomic mass is 10.1. The van der Waals surface area contributed by atoms with Crippen molar-refractivity contribution in [3.05, 3.63) is 49.0 Å². The van der Waals surface area contributed by atoms with Crippen molar-refractivity contribution in [2.75, 3.05) is 0 Å². The lowest BCUT2D eigenvalue weighted by Crippen LogP contribution is -2.07. The Labute approximate surface area is 109 Å². The second kappa shape index (κ2) is 5.30. The molecule has 0 radical (unpaired) electrons. The van der Waals surface area contributed by atoms with E-state index in [0.29, 0.717) is 11.8 Å². The number of ether oxygens (including phenoxy) is 1. The van der Waals surface area contributed by atoms with Gasteiger partial charge in [-0.15, -0.1) is 0 Å². The van der Waals surface area contributed by atoms with E-state index in [1.165, 1.54) is 4.57 Å². The van der Waals surface area contributed by atoms with Crippen LogP contribution >= 0.6 is 0 Å². The minimum atomic E-state index is -0.510. The number of benzene rings is 1. The molecule has 5 heteroatoms. The van der Waals surface area contributed by atoms with Gasteiger partial charge in [0.05, 0.1) is 18.2 Å². The summed E-state index contributed by atoms with van der Waals surface area (Å²) in [4.78, 5) is 33.4. The molecule has 96 valence electrons. The second-order valence-electron chi connectivity index (χ2n) is 3.85. The predicted octanol–water partition coefficient (Wildman–Crippen LogP) is 2.17. The number of aromatic nitrogens is 1. The lowest BCUT2D eigenvalue weighted by molar-refractivity contribution is -0.107. The van der Waals surface area contributed by atoms with Crippen molar-refractivity contribution in [2.45, 2.75) is 6.42 Å². The molecule has 0 aliphatic rings. The average molecular weight is 257 g/mol. The molecule has 0 aliphatic carbocycles. The smallest absolute Gasteiger partial charge is 0.342 e. The molecule has 0 saturated heterocycles. The molecular weight excluding hydrogens is 246 g/mol. The van der Waals surface area contributed by atoms with Crippen LogP contribution in [0.5, 0.6) is 0 Å². The van der Waals surface area contributed by atoms with Crippen LogP contribution in [0.15, 0.2) is 43.4 Å². The molecule has 1 heterocycles. The van der Waals surface area contributed by atoms with Crippen LogP contribution in [-0.4, -0.2) is 22.7 Å². The summed E-state index contributed by atoms with van der Waals surface area (Å²) in [5.74, 6) is -0.828. The van der Waals surface area contributed by atoms with Gasteiger partial charge < -0.3 is 9.53 Å². The van der Waals surface area contributed by atoms with E-state index in [-0.39, 0.29) is 12.3 Å². The minimum absolute atomic E-state index is 0.174. The molecule has 0 unspecified atom stereocenters. The normalized spacial score (nSPS) is 10.1. The van der Waals surface area contributed by atoms with Gasteiger partial charge >= 0.3 is 5.97 Å². The summed E-state index contributed by atoms with van der Waals surface area (Å²) in [7, 11) is 0. The Kier molecular flexibility index (Phi) is 3.56. The standard InChI is InChI=1S/C14H11NO4/c1-2-19-14(18)10-3-4-11-8-15(9-12(11)7-10)13(17)5-6-16/h2-4,6-9H,1,5H2. The number of fused-ring (bicyclic) bond motifs is 1. The maximum Gasteiger partial charge on any atom is 0.342 e. The Bertz CT molecular complexity index is 649. The zero-order chi connectivity index (χ0) is 13.8. The first-order valence-corrected chi connectivity index (χ1v) is 5.56. The van der Waals surface area contributed by atoms with Gasteiger partial charge in [0.25, 0.3) is 0 Å². The Morgan fingerprint density at radius 2 is 2.00 bits per heavy atom. The number of carbonyl (C=O) groups is 3. The van der Waals surface area contributed by atoms with Gasteiger partial charge in [0, 0.05) is 17.8 Å². The van der Waals surface area contributed by atoms with Crippen molar-refractivity contribution in [3.8, 4) is 0 Å². The monoisotopic (exact) mass is 257 g/mol. The zero-order valence-electron chi connectivity index (χ0n) is 10.0. The van der Waals surface area contributed by atoms with Crippen LogP contribution in [0.25, 0.3) is 10.8 Å². The molecule has 0 atom stereocenters. The van der Waals surface area contributed by atoms with Gasteiger partial charge in [0.2, 0.25) is 5.91 Å². The number of hydrogen-bond acceptors (Lipinski definition) is 4. The highest BCUT2D eigenvalue weighted by Gasteiger charge is 2.10. The fraction of sp³-hybridized carbons (Fsp3) is 0.0714. The third-order valence-corrected chi connectivity index (χ3v) is 2.62. The molecule has 0 bridgehead atoms. The van der Waals surface area contributed by atoms with E-state index in [1.807, 2.05) is 0 Å². The number of hydrogen-bond donors (Lipinski definition) is 0. The molecule has 0 saturated carbocycles. The minimum Gasteiger partial charge on any atom is -0.432 e. The Balaban J connectivity index is 2.38. The molecule has 0 fully saturated rings. The summed E-state index contributed by atoms with van der Waals surface area (Å²) in [5, 5.41) is 1.52. The second-order valence-corrected chi connectivity index (χ2v) is 3.85. The molecule has 1 aromatic heterocycles. The summed E-state index contributed by atoms with van der Waals surface area (Å²) in [6, 6.07) is 4.92. The van der Waals surface area contributed by atoms with Gasteiger partial charge in [0.15, 0.2) is 0 Å². The van der Waals surface area contributed by atoms with E-state index >= 15 is 0 Å². The fourth-order valence-electron chi connectivity index (χ4n) is 1.73. The van der Waals surface area contributed by atoms with E-state index in [1.54, 1.807) is 30.6 Å². The Morgan fingerprint density at radius 3 is 2.68 bits per heavy atom. The lowest BCUT2D eigenvalue weighted by Gasteiger charge is -1.98. The SMILES string of the molecule is C=COC(=O)c1ccc2cn(C(=O)CC=O)cc2c1. The van der Waals surface area contributed by atoms with Crippen LogP contribution in [-0.2, 0) is 9.53 Å². The molecule has 0 spiro atoms. The first kappa shape index (κ1) is 12.8. The van der Waals surface area contributed by atoms with E-state index in [2.05, 4.69) is 11.3 Å². The van der Waals surface area contributed by atoms with Gasteiger partial charge in [-0.1, -0.05) is 12.6 Å². The first-order valence-electron chi connectivity index (χ1n) is 5.56. The van der Waals surface area contributed by atoms with Gasteiger partial charge in [-0.2, -0.15) is 0 Å². The Hall–Kier alpha value is -2.69. The highest BCUT2D eigenvalue weighted by Crippen LogP contribution is 2.18. The molecule has 2 aromatic rings. The topological polar surface area (TPSA) is 65.4 Å². The van der Waals surface area contributed by atoms with Crippen molar-refractivity contribution in [2.24, 2.45) is 0 Å². The molecule has 5 nitrogen and oxygen atoms in total. The number of aldehydes is 1. The third kappa shape index (κ3) is 2.60. The van der Waals surface area contributed by atoms with Crippen LogP contribution in [0.2, 0.25) is 0 Å². The predicted molar refractivity (Wildman–Crippen MR) is 68.9 cm³/mol. The number of carbonyl (C=O) groups excluding carboxylic acids is 3. The highest BCUT2D eigenvalue weighted by atomic mass is 16.5. The van der Waals surface area contributed by atoms with E-state index in [0.717, 1.165) is 17.0 Å². The van der Waals surface area contributed by atoms with Crippen LogP contribution in [0, 0.1) is 0 Å². The summed E-state index contributed by atoms with van der Waals surface area (Å²) >= 11 is 0. The van der Waals surface area contributed by atoms with Crippen LogP contribution in [0.1, 0.15) is 21.6 Å².